The molecule has 0 heterocycles. The lowest BCUT2D eigenvalue weighted by atomic mass is 10.1. The summed E-state index contributed by atoms with van der Waals surface area (Å²) in [5, 5.41) is 3.84. The number of benzene rings is 2. The zero-order valence-corrected chi connectivity index (χ0v) is 11.6. The van der Waals surface area contributed by atoms with Crippen LogP contribution in [0.5, 0.6) is 5.75 Å². The Labute approximate surface area is 121 Å². The van der Waals surface area contributed by atoms with E-state index in [1.54, 1.807) is 18.2 Å². The predicted molar refractivity (Wildman–Crippen MR) is 76.6 cm³/mol. The van der Waals surface area contributed by atoms with Crippen LogP contribution in [-0.2, 0) is 0 Å². The number of hydrogen-bond acceptors (Lipinski definition) is 2. The van der Waals surface area contributed by atoms with Crippen molar-refractivity contribution in [3.8, 4) is 5.75 Å². The first-order valence-corrected chi connectivity index (χ1v) is 6.50. The SMILES string of the molecule is CC(Nc1ccccc1Cl)c1cccc(OC(F)F)c1. The highest BCUT2D eigenvalue weighted by atomic mass is 35.5. The van der Waals surface area contributed by atoms with E-state index in [2.05, 4.69) is 10.1 Å². The number of halogens is 3. The minimum absolute atomic E-state index is 0.0869. The van der Waals surface area contributed by atoms with Gasteiger partial charge in [0.05, 0.1) is 10.7 Å². The van der Waals surface area contributed by atoms with Crippen molar-refractivity contribution in [3.05, 3.63) is 59.1 Å². The highest BCUT2D eigenvalue weighted by Crippen LogP contribution is 2.27. The van der Waals surface area contributed by atoms with E-state index in [1.165, 1.54) is 6.07 Å². The maximum atomic E-state index is 12.2. The van der Waals surface area contributed by atoms with E-state index in [1.807, 2.05) is 31.2 Å². The van der Waals surface area contributed by atoms with Crippen molar-refractivity contribution in [3.63, 3.8) is 0 Å². The third-order valence-electron chi connectivity index (χ3n) is 2.83. The fourth-order valence-corrected chi connectivity index (χ4v) is 2.05. The molecule has 0 fully saturated rings. The lowest BCUT2D eigenvalue weighted by Gasteiger charge is -2.17. The fourth-order valence-electron chi connectivity index (χ4n) is 1.85. The van der Waals surface area contributed by atoms with Crippen LogP contribution >= 0.6 is 11.6 Å². The Morgan fingerprint density at radius 3 is 2.55 bits per heavy atom. The van der Waals surface area contributed by atoms with Crippen LogP contribution in [-0.4, -0.2) is 6.61 Å². The van der Waals surface area contributed by atoms with E-state index in [0.29, 0.717) is 5.02 Å². The first kappa shape index (κ1) is 14.6. The topological polar surface area (TPSA) is 21.3 Å². The molecule has 0 saturated carbocycles. The highest BCUT2D eigenvalue weighted by molar-refractivity contribution is 6.33. The first-order chi connectivity index (χ1) is 9.56. The van der Waals surface area contributed by atoms with Crippen molar-refractivity contribution in [2.75, 3.05) is 5.32 Å². The fraction of sp³-hybridized carbons (Fsp3) is 0.200. The van der Waals surface area contributed by atoms with Crippen LogP contribution in [0.2, 0.25) is 5.02 Å². The van der Waals surface area contributed by atoms with Crippen molar-refractivity contribution in [1.29, 1.82) is 0 Å². The van der Waals surface area contributed by atoms with Gasteiger partial charge >= 0.3 is 6.61 Å². The number of rotatable bonds is 5. The van der Waals surface area contributed by atoms with Crippen LogP contribution in [0.25, 0.3) is 0 Å². The highest BCUT2D eigenvalue weighted by Gasteiger charge is 2.10. The molecule has 0 radical (unpaired) electrons. The molecule has 0 aliphatic heterocycles. The minimum atomic E-state index is -2.82. The molecule has 2 aromatic carbocycles. The monoisotopic (exact) mass is 297 g/mol. The Bertz CT molecular complexity index is 577. The van der Waals surface area contributed by atoms with Gasteiger partial charge in [0.25, 0.3) is 0 Å². The lowest BCUT2D eigenvalue weighted by molar-refractivity contribution is -0.0498. The molecule has 0 spiro atoms. The lowest BCUT2D eigenvalue weighted by Crippen LogP contribution is -2.08. The van der Waals surface area contributed by atoms with Crippen LogP contribution in [0.1, 0.15) is 18.5 Å². The van der Waals surface area contributed by atoms with Crippen molar-refractivity contribution in [2.24, 2.45) is 0 Å². The van der Waals surface area contributed by atoms with E-state index < -0.39 is 6.61 Å². The van der Waals surface area contributed by atoms with Gasteiger partial charge in [-0.15, -0.1) is 0 Å². The molecule has 2 aromatic rings. The summed E-state index contributed by atoms with van der Waals surface area (Å²) >= 11 is 6.07. The number of ether oxygens (including phenoxy) is 1. The largest absolute Gasteiger partial charge is 0.435 e. The molecule has 1 atom stereocenters. The maximum Gasteiger partial charge on any atom is 0.387 e. The molecule has 1 N–H and O–H groups in total. The van der Waals surface area contributed by atoms with Gasteiger partial charge in [0.2, 0.25) is 0 Å². The van der Waals surface area contributed by atoms with Crippen LogP contribution in [0, 0.1) is 0 Å². The second-order valence-corrected chi connectivity index (χ2v) is 4.70. The summed E-state index contributed by atoms with van der Waals surface area (Å²) in [7, 11) is 0. The summed E-state index contributed by atoms with van der Waals surface area (Å²) in [5.41, 5.74) is 1.63. The molecule has 0 aromatic heterocycles. The molecule has 2 rings (SSSR count). The summed E-state index contributed by atoms with van der Waals surface area (Å²) in [6, 6.07) is 13.9. The summed E-state index contributed by atoms with van der Waals surface area (Å²) in [4.78, 5) is 0. The summed E-state index contributed by atoms with van der Waals surface area (Å²) in [6.45, 7) is -0.901. The molecule has 2 nitrogen and oxygen atoms in total. The Morgan fingerprint density at radius 2 is 1.85 bits per heavy atom. The molecule has 20 heavy (non-hydrogen) atoms. The quantitative estimate of drug-likeness (QED) is 0.827. The maximum absolute atomic E-state index is 12.2. The number of anilines is 1. The van der Waals surface area contributed by atoms with Gasteiger partial charge in [-0.2, -0.15) is 8.78 Å². The summed E-state index contributed by atoms with van der Waals surface area (Å²) < 4.78 is 28.8. The number of hydrogen-bond donors (Lipinski definition) is 1. The average Bonchev–Trinajstić information content (AvgIpc) is 2.41. The van der Waals surface area contributed by atoms with E-state index in [-0.39, 0.29) is 11.8 Å². The Balaban J connectivity index is 2.13. The van der Waals surface area contributed by atoms with Gasteiger partial charge < -0.3 is 10.1 Å². The number of para-hydroxylation sites is 1. The third-order valence-corrected chi connectivity index (χ3v) is 3.16. The normalized spacial score (nSPS) is 12.2. The number of alkyl halides is 2. The Hall–Kier alpha value is -1.81. The second-order valence-electron chi connectivity index (χ2n) is 4.30. The van der Waals surface area contributed by atoms with E-state index in [4.69, 9.17) is 11.6 Å². The molecular formula is C15H14ClF2NO. The number of nitrogens with one attached hydrogen (secondary N) is 1. The van der Waals surface area contributed by atoms with Crippen molar-refractivity contribution < 1.29 is 13.5 Å². The van der Waals surface area contributed by atoms with Crippen LogP contribution in [0.4, 0.5) is 14.5 Å². The van der Waals surface area contributed by atoms with Gasteiger partial charge in [-0.25, -0.2) is 0 Å². The third kappa shape index (κ3) is 3.84. The Morgan fingerprint density at radius 1 is 1.10 bits per heavy atom. The standard InChI is InChI=1S/C15H14ClF2NO/c1-10(19-14-8-3-2-7-13(14)16)11-5-4-6-12(9-11)20-15(17)18/h2-10,15,19H,1H3. The molecule has 1 unspecified atom stereocenters. The molecule has 0 bridgehead atoms. The van der Waals surface area contributed by atoms with Gasteiger partial charge in [0.15, 0.2) is 0 Å². The van der Waals surface area contributed by atoms with Gasteiger partial charge in [0, 0.05) is 6.04 Å². The summed E-state index contributed by atoms with van der Waals surface area (Å²) in [5.74, 6) is 0.144. The Kier molecular flexibility index (Phi) is 4.79. The average molecular weight is 298 g/mol. The molecular weight excluding hydrogens is 284 g/mol. The zero-order valence-electron chi connectivity index (χ0n) is 10.8. The molecule has 0 aliphatic rings. The van der Waals surface area contributed by atoms with Gasteiger partial charge in [-0.05, 0) is 36.8 Å². The van der Waals surface area contributed by atoms with Crippen molar-refractivity contribution in [2.45, 2.75) is 19.6 Å². The van der Waals surface area contributed by atoms with Crippen LogP contribution in [0.15, 0.2) is 48.5 Å². The van der Waals surface area contributed by atoms with Gasteiger partial charge in [-0.1, -0.05) is 35.9 Å². The van der Waals surface area contributed by atoms with E-state index >= 15 is 0 Å². The molecule has 0 saturated heterocycles. The van der Waals surface area contributed by atoms with Gasteiger partial charge in [-0.3, -0.25) is 0 Å². The second kappa shape index (κ2) is 6.57. The minimum Gasteiger partial charge on any atom is -0.435 e. The molecule has 106 valence electrons. The van der Waals surface area contributed by atoms with E-state index in [0.717, 1.165) is 11.3 Å². The van der Waals surface area contributed by atoms with Crippen molar-refractivity contribution in [1.82, 2.24) is 0 Å². The smallest absolute Gasteiger partial charge is 0.387 e. The van der Waals surface area contributed by atoms with Crippen LogP contribution < -0.4 is 10.1 Å². The summed E-state index contributed by atoms with van der Waals surface area (Å²) in [6.07, 6.45) is 0. The van der Waals surface area contributed by atoms with E-state index in [9.17, 15) is 8.78 Å². The molecule has 0 aliphatic carbocycles. The molecule has 5 heteroatoms. The predicted octanol–water partition coefficient (Wildman–Crippen LogP) is 5.11. The van der Waals surface area contributed by atoms with Gasteiger partial charge in [0.1, 0.15) is 5.75 Å². The van der Waals surface area contributed by atoms with Crippen molar-refractivity contribution >= 4 is 17.3 Å². The zero-order chi connectivity index (χ0) is 14.5. The molecule has 0 amide bonds. The van der Waals surface area contributed by atoms with Crippen LogP contribution in [0.3, 0.4) is 0 Å². The first-order valence-electron chi connectivity index (χ1n) is 6.12.